The van der Waals surface area contributed by atoms with Crippen LogP contribution in [0.1, 0.15) is 45.7 Å². The largest absolute Gasteiger partial charge is 0.491 e. The summed E-state index contributed by atoms with van der Waals surface area (Å²) in [5.74, 6) is 1.46. The predicted octanol–water partition coefficient (Wildman–Crippen LogP) is 2.99. The maximum Gasteiger partial charge on any atom is 0.214 e. The molecule has 1 unspecified atom stereocenters. The Morgan fingerprint density at radius 2 is 2.00 bits per heavy atom. The Bertz CT molecular complexity index is 687. The quantitative estimate of drug-likeness (QED) is 0.657. The zero-order valence-corrected chi connectivity index (χ0v) is 16.6. The molecule has 1 aliphatic heterocycles. The lowest BCUT2D eigenvalue weighted by atomic mass is 9.89. The molecular formula is C18H29NO5S. The summed E-state index contributed by atoms with van der Waals surface area (Å²) in [7, 11) is -1.67. The van der Waals surface area contributed by atoms with Crippen LogP contribution in [0.25, 0.3) is 0 Å². The lowest BCUT2D eigenvalue weighted by Gasteiger charge is -2.40. The Morgan fingerprint density at radius 3 is 2.64 bits per heavy atom. The first-order valence-electron chi connectivity index (χ1n) is 8.69. The molecule has 1 aromatic rings. The van der Waals surface area contributed by atoms with E-state index < -0.39 is 15.6 Å². The minimum Gasteiger partial charge on any atom is -0.491 e. The van der Waals surface area contributed by atoms with Crippen molar-refractivity contribution in [2.45, 2.75) is 45.8 Å². The molecule has 0 saturated heterocycles. The third-order valence-corrected chi connectivity index (χ3v) is 6.22. The number of rotatable bonds is 8. The Labute approximate surface area is 151 Å². The first kappa shape index (κ1) is 20.0. The van der Waals surface area contributed by atoms with Crippen LogP contribution >= 0.6 is 0 Å². The molecule has 1 atom stereocenters. The van der Waals surface area contributed by atoms with E-state index in [4.69, 9.17) is 14.2 Å². The van der Waals surface area contributed by atoms with Crippen molar-refractivity contribution in [1.29, 1.82) is 0 Å². The van der Waals surface area contributed by atoms with Gasteiger partial charge in [0.25, 0.3) is 0 Å². The summed E-state index contributed by atoms with van der Waals surface area (Å²) < 4.78 is 43.3. The highest BCUT2D eigenvalue weighted by Gasteiger charge is 2.39. The van der Waals surface area contributed by atoms with E-state index in [0.29, 0.717) is 37.7 Å². The molecule has 0 aliphatic carbocycles. The molecule has 0 spiro atoms. The second kappa shape index (κ2) is 7.93. The smallest absolute Gasteiger partial charge is 0.214 e. The molecule has 0 bridgehead atoms. The lowest BCUT2D eigenvalue weighted by Crippen LogP contribution is -2.42. The fourth-order valence-corrected chi connectivity index (χ4v) is 3.95. The van der Waals surface area contributed by atoms with E-state index in [1.165, 1.54) is 4.31 Å². The van der Waals surface area contributed by atoms with Crippen molar-refractivity contribution in [2.24, 2.45) is 0 Å². The SMILES string of the molecule is CCOCCOc1ccc2c(c1)C(N(C)S(=O)(=O)CC)CC(C)(C)O2. The molecule has 1 aromatic carbocycles. The van der Waals surface area contributed by atoms with Crippen molar-refractivity contribution in [2.75, 3.05) is 32.6 Å². The maximum atomic E-state index is 12.4. The Balaban J connectivity index is 2.30. The van der Waals surface area contributed by atoms with Crippen LogP contribution in [0, 0.1) is 0 Å². The minimum atomic E-state index is -3.31. The standard InChI is InChI=1S/C18H29NO5S/c1-6-22-10-11-23-14-8-9-17-15(12-14)16(13-18(3,4)24-17)19(5)25(20,21)7-2/h8-9,12,16H,6-7,10-11,13H2,1-5H3. The van der Waals surface area contributed by atoms with Gasteiger partial charge in [0.15, 0.2) is 0 Å². The number of hydrogen-bond donors (Lipinski definition) is 0. The van der Waals surface area contributed by atoms with Gasteiger partial charge in [0.2, 0.25) is 10.0 Å². The average molecular weight is 371 g/mol. The molecule has 0 N–H and O–H groups in total. The van der Waals surface area contributed by atoms with Crippen LogP contribution in [0.3, 0.4) is 0 Å². The number of benzene rings is 1. The summed E-state index contributed by atoms with van der Waals surface area (Å²) in [6.07, 6.45) is 0.581. The van der Waals surface area contributed by atoms with E-state index >= 15 is 0 Å². The summed E-state index contributed by atoms with van der Waals surface area (Å²) >= 11 is 0. The molecular weight excluding hydrogens is 342 g/mol. The molecule has 1 aliphatic rings. The molecule has 2 rings (SSSR count). The number of fused-ring (bicyclic) bond motifs is 1. The number of sulfonamides is 1. The van der Waals surface area contributed by atoms with Crippen molar-refractivity contribution in [1.82, 2.24) is 4.31 Å². The second-order valence-electron chi connectivity index (χ2n) is 6.74. The molecule has 142 valence electrons. The van der Waals surface area contributed by atoms with Crippen LogP contribution in [0.5, 0.6) is 11.5 Å². The first-order valence-corrected chi connectivity index (χ1v) is 10.3. The molecule has 1 heterocycles. The van der Waals surface area contributed by atoms with Gasteiger partial charge in [0.05, 0.1) is 18.4 Å². The molecule has 25 heavy (non-hydrogen) atoms. The molecule has 0 amide bonds. The predicted molar refractivity (Wildman–Crippen MR) is 97.7 cm³/mol. The maximum absolute atomic E-state index is 12.4. The summed E-state index contributed by atoms with van der Waals surface area (Å²) in [6, 6.07) is 5.30. The van der Waals surface area contributed by atoms with Crippen molar-refractivity contribution in [3.63, 3.8) is 0 Å². The molecule has 0 aromatic heterocycles. The monoisotopic (exact) mass is 371 g/mol. The van der Waals surface area contributed by atoms with E-state index in [1.807, 2.05) is 39.0 Å². The third kappa shape index (κ3) is 4.86. The highest BCUT2D eigenvalue weighted by atomic mass is 32.2. The van der Waals surface area contributed by atoms with Gasteiger partial charge in [-0.15, -0.1) is 0 Å². The molecule has 0 saturated carbocycles. The van der Waals surface area contributed by atoms with Crippen LogP contribution in [0.4, 0.5) is 0 Å². The number of hydrogen-bond acceptors (Lipinski definition) is 5. The highest BCUT2D eigenvalue weighted by molar-refractivity contribution is 7.89. The van der Waals surface area contributed by atoms with Crippen LogP contribution in [-0.4, -0.2) is 50.9 Å². The van der Waals surface area contributed by atoms with Crippen LogP contribution in [0.2, 0.25) is 0 Å². The fraction of sp³-hybridized carbons (Fsp3) is 0.667. The number of ether oxygens (including phenoxy) is 3. The lowest BCUT2D eigenvalue weighted by molar-refractivity contribution is 0.0537. The number of nitrogens with zero attached hydrogens (tertiary/aromatic N) is 1. The van der Waals surface area contributed by atoms with Crippen LogP contribution < -0.4 is 9.47 Å². The van der Waals surface area contributed by atoms with E-state index in [9.17, 15) is 8.42 Å². The zero-order valence-electron chi connectivity index (χ0n) is 15.7. The highest BCUT2D eigenvalue weighted by Crippen LogP contribution is 2.44. The Kier molecular flexibility index (Phi) is 6.35. The summed E-state index contributed by atoms with van der Waals surface area (Å²) in [5, 5.41) is 0. The van der Waals surface area contributed by atoms with Crippen molar-refractivity contribution < 1.29 is 22.6 Å². The van der Waals surface area contributed by atoms with Gasteiger partial charge in [-0.2, -0.15) is 4.31 Å². The second-order valence-corrected chi connectivity index (χ2v) is 9.06. The normalized spacial score (nSPS) is 19.4. The topological polar surface area (TPSA) is 65.1 Å². The fourth-order valence-electron chi connectivity index (χ4n) is 2.97. The van der Waals surface area contributed by atoms with Gasteiger partial charge < -0.3 is 14.2 Å². The zero-order chi connectivity index (χ0) is 18.7. The van der Waals surface area contributed by atoms with Crippen molar-refractivity contribution in [3.05, 3.63) is 23.8 Å². The van der Waals surface area contributed by atoms with Gasteiger partial charge in [-0.1, -0.05) is 0 Å². The van der Waals surface area contributed by atoms with E-state index in [1.54, 1.807) is 14.0 Å². The minimum absolute atomic E-state index is 0.0706. The van der Waals surface area contributed by atoms with Gasteiger partial charge in [-0.05, 0) is 45.9 Å². The first-order chi connectivity index (χ1) is 11.7. The van der Waals surface area contributed by atoms with Gasteiger partial charge in [0.1, 0.15) is 23.7 Å². The van der Waals surface area contributed by atoms with Gasteiger partial charge in [-0.3, -0.25) is 0 Å². The van der Waals surface area contributed by atoms with Crippen molar-refractivity contribution in [3.8, 4) is 11.5 Å². The summed E-state index contributed by atoms with van der Waals surface area (Å²) in [4.78, 5) is 0. The van der Waals surface area contributed by atoms with Gasteiger partial charge >= 0.3 is 0 Å². The third-order valence-electron chi connectivity index (χ3n) is 4.35. The van der Waals surface area contributed by atoms with Gasteiger partial charge in [0, 0.05) is 25.6 Å². The Hall–Kier alpha value is -1.31. The average Bonchev–Trinajstić information content (AvgIpc) is 2.56. The van der Waals surface area contributed by atoms with Gasteiger partial charge in [-0.25, -0.2) is 8.42 Å². The summed E-state index contributed by atoms with van der Waals surface area (Å²) in [6.45, 7) is 9.16. The molecule has 0 radical (unpaired) electrons. The molecule has 7 heteroatoms. The Morgan fingerprint density at radius 1 is 1.28 bits per heavy atom. The van der Waals surface area contributed by atoms with E-state index in [-0.39, 0.29) is 11.8 Å². The van der Waals surface area contributed by atoms with E-state index in [2.05, 4.69) is 0 Å². The van der Waals surface area contributed by atoms with Crippen LogP contribution in [0.15, 0.2) is 18.2 Å². The van der Waals surface area contributed by atoms with E-state index in [0.717, 1.165) is 5.56 Å². The van der Waals surface area contributed by atoms with Crippen molar-refractivity contribution >= 4 is 10.0 Å². The molecule has 6 nitrogen and oxygen atoms in total. The van der Waals surface area contributed by atoms with Crippen LogP contribution in [-0.2, 0) is 14.8 Å². The molecule has 0 fully saturated rings. The summed E-state index contributed by atoms with van der Waals surface area (Å²) in [5.41, 5.74) is 0.403.